The number of halogens is 1. The second kappa shape index (κ2) is 11.4. The molecule has 0 radical (unpaired) electrons. The Bertz CT molecular complexity index is 1340. The Balaban J connectivity index is 1.82. The number of sulfonamides is 1. The Morgan fingerprint density at radius 2 is 2.00 bits per heavy atom. The minimum absolute atomic E-state index is 0.105. The molecule has 0 unspecified atom stereocenters. The molecule has 1 atom stereocenters. The van der Waals surface area contributed by atoms with Crippen molar-refractivity contribution in [2.75, 3.05) is 35.6 Å². The summed E-state index contributed by atoms with van der Waals surface area (Å²) >= 11 is 1.44. The molecule has 3 N–H and O–H groups in total. The summed E-state index contributed by atoms with van der Waals surface area (Å²) in [6, 6.07) is 6.33. The van der Waals surface area contributed by atoms with Gasteiger partial charge in [0.15, 0.2) is 5.82 Å². The molecule has 0 aliphatic carbocycles. The lowest BCUT2D eigenvalue weighted by Gasteiger charge is -2.31. The number of aromatic nitrogens is 3. The molecular weight excluding hydrogens is 517 g/mol. The number of aliphatic hydroxyl groups is 1. The standard InChI is InChI=1S/C25H32FN5O4S2/c1-4-14-37(33,34)31-18-7-5-6-17(20(18)26)21-22(19-8-11-27-24(29-19)28-15-16(2)32)36-23(30-21)25(3)9-12-35-13-10-25/h5-8,11,16,31-32H,4,9-10,12-15H2,1-3H3,(H,27,28,29)/t16-/m0/s1. The lowest BCUT2D eigenvalue weighted by Crippen LogP contribution is -2.30. The molecular formula is C25H32FN5O4S2. The average Bonchev–Trinajstić information content (AvgIpc) is 3.31. The lowest BCUT2D eigenvalue weighted by molar-refractivity contribution is 0.0564. The van der Waals surface area contributed by atoms with E-state index in [9.17, 15) is 13.5 Å². The van der Waals surface area contributed by atoms with Crippen LogP contribution in [0.2, 0.25) is 0 Å². The van der Waals surface area contributed by atoms with Crippen LogP contribution in [0, 0.1) is 5.82 Å². The molecule has 1 aliphatic heterocycles. The third kappa shape index (κ3) is 6.43. The van der Waals surface area contributed by atoms with Crippen molar-refractivity contribution in [3.05, 3.63) is 41.3 Å². The smallest absolute Gasteiger partial charge is 0.232 e. The van der Waals surface area contributed by atoms with E-state index in [4.69, 9.17) is 9.72 Å². The maximum Gasteiger partial charge on any atom is 0.232 e. The zero-order valence-electron chi connectivity index (χ0n) is 21.1. The van der Waals surface area contributed by atoms with E-state index in [1.165, 1.54) is 17.4 Å². The van der Waals surface area contributed by atoms with Crippen molar-refractivity contribution in [1.29, 1.82) is 0 Å². The van der Waals surface area contributed by atoms with Gasteiger partial charge < -0.3 is 15.2 Å². The van der Waals surface area contributed by atoms with Crippen LogP contribution in [0.25, 0.3) is 21.8 Å². The van der Waals surface area contributed by atoms with Gasteiger partial charge >= 0.3 is 0 Å². The molecule has 3 aromatic rings. The molecule has 0 saturated carbocycles. The monoisotopic (exact) mass is 549 g/mol. The fourth-order valence-corrected chi connectivity index (χ4v) is 6.44. The summed E-state index contributed by atoms with van der Waals surface area (Å²) in [6.07, 6.45) is 2.99. The summed E-state index contributed by atoms with van der Waals surface area (Å²) in [6.45, 7) is 7.04. The van der Waals surface area contributed by atoms with Gasteiger partial charge in [-0.15, -0.1) is 11.3 Å². The molecule has 0 amide bonds. The van der Waals surface area contributed by atoms with E-state index in [-0.39, 0.29) is 29.0 Å². The highest BCUT2D eigenvalue weighted by molar-refractivity contribution is 7.92. The van der Waals surface area contributed by atoms with Crippen LogP contribution >= 0.6 is 11.3 Å². The number of nitrogens with zero attached hydrogens (tertiary/aromatic N) is 3. The van der Waals surface area contributed by atoms with Gasteiger partial charge in [0, 0.05) is 36.9 Å². The topological polar surface area (TPSA) is 126 Å². The maximum absolute atomic E-state index is 15.8. The molecule has 0 bridgehead atoms. The molecule has 2 aromatic heterocycles. The lowest BCUT2D eigenvalue weighted by atomic mass is 9.83. The fraction of sp³-hybridized carbons (Fsp3) is 0.480. The van der Waals surface area contributed by atoms with Crippen molar-refractivity contribution in [3.8, 4) is 21.8 Å². The number of anilines is 2. The first-order chi connectivity index (χ1) is 17.6. The number of thiazole rings is 1. The first-order valence-corrected chi connectivity index (χ1v) is 14.7. The van der Waals surface area contributed by atoms with Crippen LogP contribution in [0.4, 0.5) is 16.0 Å². The highest BCUT2D eigenvalue weighted by Gasteiger charge is 2.34. The van der Waals surface area contributed by atoms with E-state index >= 15 is 4.39 Å². The van der Waals surface area contributed by atoms with Crippen molar-refractivity contribution < 1.29 is 22.7 Å². The van der Waals surface area contributed by atoms with E-state index < -0.39 is 21.9 Å². The number of hydrogen-bond donors (Lipinski definition) is 3. The molecule has 12 heteroatoms. The third-order valence-electron chi connectivity index (χ3n) is 6.18. The molecule has 4 rings (SSSR count). The van der Waals surface area contributed by atoms with Gasteiger partial charge in [-0.25, -0.2) is 27.8 Å². The third-order valence-corrected chi connectivity index (χ3v) is 9.04. The summed E-state index contributed by atoms with van der Waals surface area (Å²) in [5.41, 5.74) is 0.760. The molecule has 1 fully saturated rings. The van der Waals surface area contributed by atoms with E-state index in [1.54, 1.807) is 38.2 Å². The fourth-order valence-electron chi connectivity index (χ4n) is 4.06. The molecule has 0 spiro atoms. The number of aliphatic hydroxyl groups excluding tert-OH is 1. The van der Waals surface area contributed by atoms with E-state index in [0.717, 1.165) is 17.8 Å². The number of nitrogens with one attached hydrogen (secondary N) is 2. The van der Waals surface area contributed by atoms with Crippen molar-refractivity contribution in [1.82, 2.24) is 15.0 Å². The van der Waals surface area contributed by atoms with Gasteiger partial charge in [-0.1, -0.05) is 19.9 Å². The average molecular weight is 550 g/mol. The second-order valence-corrected chi connectivity index (χ2v) is 12.3. The van der Waals surface area contributed by atoms with Crippen molar-refractivity contribution in [2.45, 2.75) is 51.6 Å². The number of rotatable bonds is 10. The summed E-state index contributed by atoms with van der Waals surface area (Å²) in [5.74, 6) is -0.469. The molecule has 9 nitrogen and oxygen atoms in total. The van der Waals surface area contributed by atoms with Crippen LogP contribution in [-0.4, -0.2) is 60.1 Å². The Morgan fingerprint density at radius 3 is 2.70 bits per heavy atom. The number of hydrogen-bond acceptors (Lipinski definition) is 9. The molecule has 1 aromatic carbocycles. The molecule has 1 saturated heterocycles. The van der Waals surface area contributed by atoms with Crippen molar-refractivity contribution in [2.24, 2.45) is 0 Å². The zero-order chi connectivity index (χ0) is 26.6. The maximum atomic E-state index is 15.8. The summed E-state index contributed by atoms with van der Waals surface area (Å²) in [7, 11) is -3.68. The van der Waals surface area contributed by atoms with Gasteiger partial charge in [-0.2, -0.15) is 0 Å². The van der Waals surface area contributed by atoms with Gasteiger partial charge in [-0.3, -0.25) is 4.72 Å². The first-order valence-electron chi connectivity index (χ1n) is 12.3. The Morgan fingerprint density at radius 1 is 1.24 bits per heavy atom. The number of benzene rings is 1. The predicted octanol–water partition coefficient (Wildman–Crippen LogP) is 4.42. The Labute approximate surface area is 220 Å². The number of ether oxygens (including phenoxy) is 1. The van der Waals surface area contributed by atoms with Gasteiger partial charge in [0.2, 0.25) is 16.0 Å². The SMILES string of the molecule is CCCS(=O)(=O)Nc1cccc(-c2nc(C3(C)CCOCC3)sc2-c2ccnc(NC[C@H](C)O)n2)c1F. The second-order valence-electron chi connectivity index (χ2n) is 9.45. The quantitative estimate of drug-likeness (QED) is 0.339. The summed E-state index contributed by atoms with van der Waals surface area (Å²) in [4.78, 5) is 14.4. The van der Waals surface area contributed by atoms with Gasteiger partial charge in [0.25, 0.3) is 0 Å². The highest BCUT2D eigenvalue weighted by atomic mass is 32.2. The Hall–Kier alpha value is -2.67. The van der Waals surface area contributed by atoms with E-state index in [2.05, 4.69) is 26.9 Å². The highest BCUT2D eigenvalue weighted by Crippen LogP contribution is 2.44. The van der Waals surface area contributed by atoms with E-state index in [0.29, 0.717) is 41.8 Å². The van der Waals surface area contributed by atoms with Crippen molar-refractivity contribution >= 4 is 33.0 Å². The normalized spacial score (nSPS) is 16.4. The predicted molar refractivity (Wildman–Crippen MR) is 144 cm³/mol. The summed E-state index contributed by atoms with van der Waals surface area (Å²) in [5, 5.41) is 13.4. The van der Waals surface area contributed by atoms with E-state index in [1.807, 2.05) is 0 Å². The van der Waals surface area contributed by atoms with Gasteiger partial charge in [0.05, 0.1) is 38.8 Å². The van der Waals surface area contributed by atoms with Crippen LogP contribution < -0.4 is 10.0 Å². The van der Waals surface area contributed by atoms with Crippen LogP contribution in [0.1, 0.15) is 45.0 Å². The minimum atomic E-state index is -3.68. The minimum Gasteiger partial charge on any atom is -0.392 e. The largest absolute Gasteiger partial charge is 0.392 e. The van der Waals surface area contributed by atoms with Crippen molar-refractivity contribution in [3.63, 3.8) is 0 Å². The molecule has 3 heterocycles. The van der Waals surface area contributed by atoms with Gasteiger partial charge in [0.1, 0.15) is 0 Å². The van der Waals surface area contributed by atoms with Gasteiger partial charge in [-0.05, 0) is 44.4 Å². The Kier molecular flexibility index (Phi) is 8.42. The summed E-state index contributed by atoms with van der Waals surface area (Å²) < 4.78 is 48.4. The van der Waals surface area contributed by atoms with Crippen LogP contribution in [-0.2, 0) is 20.2 Å². The molecule has 37 heavy (non-hydrogen) atoms. The van der Waals surface area contributed by atoms with Crippen LogP contribution in [0.15, 0.2) is 30.5 Å². The zero-order valence-corrected chi connectivity index (χ0v) is 22.8. The first kappa shape index (κ1) is 27.4. The molecule has 200 valence electrons. The van der Waals surface area contributed by atoms with Crippen LogP contribution in [0.3, 0.4) is 0 Å². The van der Waals surface area contributed by atoms with Crippen LogP contribution in [0.5, 0.6) is 0 Å². The molecule has 1 aliphatic rings.